The fraction of sp³-hybridized carbons (Fsp3) is 0.421. The SMILES string of the molecule is Cc1ncccc1NC(C)c1ccc(N2CCC(O)CC2)cc1. The Balaban J connectivity index is 1.66. The molecule has 1 fully saturated rings. The summed E-state index contributed by atoms with van der Waals surface area (Å²) in [5.41, 5.74) is 4.59. The van der Waals surface area contributed by atoms with Crippen molar-refractivity contribution in [1.82, 2.24) is 4.98 Å². The van der Waals surface area contributed by atoms with Gasteiger partial charge >= 0.3 is 0 Å². The molecular formula is C19H25N3O. The summed E-state index contributed by atoms with van der Waals surface area (Å²) in [5.74, 6) is 0. The number of aromatic nitrogens is 1. The van der Waals surface area contributed by atoms with Gasteiger partial charge < -0.3 is 15.3 Å². The van der Waals surface area contributed by atoms with Crippen molar-refractivity contribution in [3.8, 4) is 0 Å². The number of benzene rings is 1. The van der Waals surface area contributed by atoms with E-state index in [4.69, 9.17) is 0 Å². The minimum absolute atomic E-state index is 0.127. The molecule has 4 heteroatoms. The maximum atomic E-state index is 9.61. The molecule has 0 amide bonds. The fourth-order valence-corrected chi connectivity index (χ4v) is 3.05. The van der Waals surface area contributed by atoms with Crippen LogP contribution >= 0.6 is 0 Å². The lowest BCUT2D eigenvalue weighted by atomic mass is 10.0. The Kier molecular flexibility index (Phi) is 4.82. The van der Waals surface area contributed by atoms with Gasteiger partial charge in [0.1, 0.15) is 0 Å². The van der Waals surface area contributed by atoms with E-state index in [-0.39, 0.29) is 12.1 Å². The summed E-state index contributed by atoms with van der Waals surface area (Å²) >= 11 is 0. The number of aliphatic hydroxyl groups excluding tert-OH is 1. The number of hydrogen-bond donors (Lipinski definition) is 2. The molecule has 1 aliphatic rings. The summed E-state index contributed by atoms with van der Waals surface area (Å²) in [7, 11) is 0. The fourth-order valence-electron chi connectivity index (χ4n) is 3.05. The van der Waals surface area contributed by atoms with Crippen molar-refractivity contribution >= 4 is 11.4 Å². The van der Waals surface area contributed by atoms with Crippen LogP contribution in [0.15, 0.2) is 42.6 Å². The van der Waals surface area contributed by atoms with E-state index in [1.54, 1.807) is 0 Å². The molecule has 0 spiro atoms. The van der Waals surface area contributed by atoms with Crippen molar-refractivity contribution in [2.24, 2.45) is 0 Å². The van der Waals surface area contributed by atoms with E-state index in [1.165, 1.54) is 11.3 Å². The molecule has 1 aromatic carbocycles. The Morgan fingerprint density at radius 2 is 1.87 bits per heavy atom. The molecular weight excluding hydrogens is 286 g/mol. The zero-order chi connectivity index (χ0) is 16.2. The quantitative estimate of drug-likeness (QED) is 0.907. The predicted molar refractivity (Wildman–Crippen MR) is 94.9 cm³/mol. The van der Waals surface area contributed by atoms with Gasteiger partial charge in [-0.15, -0.1) is 0 Å². The lowest BCUT2D eigenvalue weighted by Gasteiger charge is -2.31. The number of aliphatic hydroxyl groups is 1. The van der Waals surface area contributed by atoms with E-state index < -0.39 is 0 Å². The van der Waals surface area contributed by atoms with Crippen LogP contribution in [-0.4, -0.2) is 29.3 Å². The summed E-state index contributed by atoms with van der Waals surface area (Å²) in [6.07, 6.45) is 3.41. The van der Waals surface area contributed by atoms with Gasteiger partial charge in [-0.1, -0.05) is 12.1 Å². The van der Waals surface area contributed by atoms with Crippen LogP contribution in [0.4, 0.5) is 11.4 Å². The van der Waals surface area contributed by atoms with Gasteiger partial charge in [-0.05, 0) is 56.5 Å². The van der Waals surface area contributed by atoms with Crippen LogP contribution < -0.4 is 10.2 Å². The van der Waals surface area contributed by atoms with Crippen LogP contribution in [0.2, 0.25) is 0 Å². The highest BCUT2D eigenvalue weighted by molar-refractivity contribution is 5.51. The van der Waals surface area contributed by atoms with E-state index in [0.717, 1.165) is 37.3 Å². The zero-order valence-electron chi connectivity index (χ0n) is 13.9. The number of hydrogen-bond acceptors (Lipinski definition) is 4. The highest BCUT2D eigenvalue weighted by atomic mass is 16.3. The number of nitrogens with zero attached hydrogens (tertiary/aromatic N) is 2. The molecule has 3 rings (SSSR count). The molecule has 4 nitrogen and oxygen atoms in total. The summed E-state index contributed by atoms with van der Waals surface area (Å²) in [4.78, 5) is 6.66. The highest BCUT2D eigenvalue weighted by Gasteiger charge is 2.17. The maximum Gasteiger partial charge on any atom is 0.0603 e. The molecule has 1 aliphatic heterocycles. The first kappa shape index (κ1) is 15.8. The standard InChI is InChI=1S/C19H25N3O/c1-14(21-19-4-3-11-20-15(19)2)16-5-7-17(8-6-16)22-12-9-18(23)10-13-22/h3-8,11,14,18,21,23H,9-10,12-13H2,1-2H3. The van der Waals surface area contributed by atoms with Gasteiger partial charge in [-0.2, -0.15) is 0 Å². The van der Waals surface area contributed by atoms with Gasteiger partial charge in [0, 0.05) is 31.0 Å². The Labute approximate surface area is 138 Å². The number of piperidine rings is 1. The largest absolute Gasteiger partial charge is 0.393 e. The second kappa shape index (κ2) is 7.01. The minimum Gasteiger partial charge on any atom is -0.393 e. The van der Waals surface area contributed by atoms with Crippen molar-refractivity contribution in [3.63, 3.8) is 0 Å². The third-order valence-corrected chi connectivity index (χ3v) is 4.60. The van der Waals surface area contributed by atoms with Crippen LogP contribution in [0.25, 0.3) is 0 Å². The third kappa shape index (κ3) is 3.82. The minimum atomic E-state index is -0.127. The second-order valence-electron chi connectivity index (χ2n) is 6.31. The highest BCUT2D eigenvalue weighted by Crippen LogP contribution is 2.25. The lowest BCUT2D eigenvalue weighted by Crippen LogP contribution is -2.35. The summed E-state index contributed by atoms with van der Waals surface area (Å²) < 4.78 is 0. The molecule has 0 radical (unpaired) electrons. The number of anilines is 2. The maximum absolute atomic E-state index is 9.61. The van der Waals surface area contributed by atoms with Crippen LogP contribution in [0, 0.1) is 6.92 Å². The van der Waals surface area contributed by atoms with Gasteiger partial charge in [-0.3, -0.25) is 4.98 Å². The average Bonchev–Trinajstić information content (AvgIpc) is 2.58. The number of pyridine rings is 1. The zero-order valence-corrected chi connectivity index (χ0v) is 13.9. The molecule has 0 aliphatic carbocycles. The van der Waals surface area contributed by atoms with Crippen molar-refractivity contribution < 1.29 is 5.11 Å². The van der Waals surface area contributed by atoms with E-state index in [0.29, 0.717) is 0 Å². The van der Waals surface area contributed by atoms with E-state index in [2.05, 4.69) is 52.5 Å². The molecule has 1 atom stereocenters. The molecule has 2 aromatic rings. The van der Waals surface area contributed by atoms with Crippen molar-refractivity contribution in [2.75, 3.05) is 23.3 Å². The number of nitrogens with one attached hydrogen (secondary N) is 1. The summed E-state index contributed by atoms with van der Waals surface area (Å²) in [6, 6.07) is 13.0. The molecule has 0 saturated carbocycles. The molecule has 0 bridgehead atoms. The predicted octanol–water partition coefficient (Wildman–Crippen LogP) is 3.52. The van der Waals surface area contributed by atoms with Crippen molar-refractivity contribution in [1.29, 1.82) is 0 Å². The Hall–Kier alpha value is -2.07. The Morgan fingerprint density at radius 3 is 2.52 bits per heavy atom. The topological polar surface area (TPSA) is 48.4 Å². The first-order valence-corrected chi connectivity index (χ1v) is 8.34. The molecule has 2 N–H and O–H groups in total. The van der Waals surface area contributed by atoms with Crippen LogP contribution in [0.1, 0.15) is 37.1 Å². The number of rotatable bonds is 4. The van der Waals surface area contributed by atoms with E-state index in [9.17, 15) is 5.11 Å². The molecule has 2 heterocycles. The summed E-state index contributed by atoms with van der Waals surface area (Å²) in [5, 5.41) is 13.1. The van der Waals surface area contributed by atoms with Gasteiger partial charge in [-0.25, -0.2) is 0 Å². The molecule has 1 saturated heterocycles. The van der Waals surface area contributed by atoms with Crippen molar-refractivity contribution in [3.05, 3.63) is 53.9 Å². The Bertz CT molecular complexity index is 633. The van der Waals surface area contributed by atoms with Crippen LogP contribution in [-0.2, 0) is 0 Å². The van der Waals surface area contributed by atoms with E-state index >= 15 is 0 Å². The average molecular weight is 311 g/mol. The van der Waals surface area contributed by atoms with E-state index in [1.807, 2.05) is 19.2 Å². The monoisotopic (exact) mass is 311 g/mol. The normalized spacial score (nSPS) is 17.1. The Morgan fingerprint density at radius 1 is 1.17 bits per heavy atom. The molecule has 23 heavy (non-hydrogen) atoms. The first-order chi connectivity index (χ1) is 11.1. The number of aryl methyl sites for hydroxylation is 1. The lowest BCUT2D eigenvalue weighted by molar-refractivity contribution is 0.145. The van der Waals surface area contributed by atoms with Gasteiger partial charge in [0.05, 0.1) is 17.5 Å². The second-order valence-corrected chi connectivity index (χ2v) is 6.31. The third-order valence-electron chi connectivity index (χ3n) is 4.60. The van der Waals surface area contributed by atoms with Gasteiger partial charge in [0.25, 0.3) is 0 Å². The molecule has 1 aromatic heterocycles. The molecule has 122 valence electrons. The summed E-state index contributed by atoms with van der Waals surface area (Å²) in [6.45, 7) is 6.05. The van der Waals surface area contributed by atoms with Gasteiger partial charge in [0.2, 0.25) is 0 Å². The molecule has 1 unspecified atom stereocenters. The van der Waals surface area contributed by atoms with Crippen LogP contribution in [0.5, 0.6) is 0 Å². The van der Waals surface area contributed by atoms with Crippen molar-refractivity contribution in [2.45, 2.75) is 38.8 Å². The van der Waals surface area contributed by atoms with Crippen LogP contribution in [0.3, 0.4) is 0 Å². The van der Waals surface area contributed by atoms with Gasteiger partial charge in [0.15, 0.2) is 0 Å². The first-order valence-electron chi connectivity index (χ1n) is 8.34. The smallest absolute Gasteiger partial charge is 0.0603 e.